The van der Waals surface area contributed by atoms with E-state index in [0.717, 1.165) is 21.5 Å². The highest BCUT2D eigenvalue weighted by Crippen LogP contribution is 2.31. The van der Waals surface area contributed by atoms with Crippen LogP contribution in [0, 0.1) is 11.3 Å². The number of hydrogen-bond donors (Lipinski definition) is 0. The predicted molar refractivity (Wildman–Crippen MR) is 94.1 cm³/mol. The number of nitrogens with zero attached hydrogens (tertiary/aromatic N) is 3. The Kier molecular flexibility index (Phi) is 4.36. The van der Waals surface area contributed by atoms with Crippen molar-refractivity contribution in [2.24, 2.45) is 0 Å². The average molecular weight is 339 g/mol. The van der Waals surface area contributed by atoms with Gasteiger partial charge in [0.15, 0.2) is 5.69 Å². The van der Waals surface area contributed by atoms with Gasteiger partial charge in [0.25, 0.3) is 0 Å². The first-order chi connectivity index (χ1) is 11.5. The predicted octanol–water partition coefficient (Wildman–Crippen LogP) is 4.39. The summed E-state index contributed by atoms with van der Waals surface area (Å²) in [4.78, 5) is 16.1. The lowest BCUT2D eigenvalue weighted by atomic mass is 10.1. The van der Waals surface area contributed by atoms with E-state index in [9.17, 15) is 10.1 Å². The maximum Gasteiger partial charge on any atom is 0.357 e. The normalized spacial score (nSPS) is 11.0. The quantitative estimate of drug-likeness (QED) is 0.661. The largest absolute Gasteiger partial charge is 0.461 e. The Morgan fingerprint density at radius 3 is 2.92 bits per heavy atom. The lowest BCUT2D eigenvalue weighted by Gasteiger charge is -2.09. The van der Waals surface area contributed by atoms with Crippen molar-refractivity contribution in [2.75, 3.05) is 6.61 Å². The maximum absolute atomic E-state index is 11.8. The SMILES string of the molecule is CCOC(=O)c1csc(-c2ccc3c(c2)c(C#N)cn3C(C)C)n1. The summed E-state index contributed by atoms with van der Waals surface area (Å²) >= 11 is 1.39. The third-order valence-corrected chi connectivity index (χ3v) is 4.64. The Morgan fingerprint density at radius 1 is 1.46 bits per heavy atom. The minimum Gasteiger partial charge on any atom is -0.461 e. The van der Waals surface area contributed by atoms with E-state index in [1.54, 1.807) is 12.3 Å². The van der Waals surface area contributed by atoms with Crippen LogP contribution in [0.3, 0.4) is 0 Å². The molecule has 0 atom stereocenters. The van der Waals surface area contributed by atoms with Crippen molar-refractivity contribution >= 4 is 28.2 Å². The van der Waals surface area contributed by atoms with Crippen LogP contribution in [-0.2, 0) is 4.74 Å². The van der Waals surface area contributed by atoms with Crippen LogP contribution in [0.25, 0.3) is 21.5 Å². The van der Waals surface area contributed by atoms with Crippen LogP contribution < -0.4 is 0 Å². The van der Waals surface area contributed by atoms with Crippen molar-refractivity contribution in [1.29, 1.82) is 5.26 Å². The number of carbonyl (C=O) groups excluding carboxylic acids is 1. The number of carbonyl (C=O) groups is 1. The van der Waals surface area contributed by atoms with Gasteiger partial charge in [-0.1, -0.05) is 0 Å². The first-order valence-electron chi connectivity index (χ1n) is 7.72. The van der Waals surface area contributed by atoms with E-state index < -0.39 is 5.97 Å². The van der Waals surface area contributed by atoms with Crippen LogP contribution in [0.1, 0.15) is 42.9 Å². The molecular weight excluding hydrogens is 322 g/mol. The molecule has 122 valence electrons. The monoisotopic (exact) mass is 339 g/mol. The number of hydrogen-bond acceptors (Lipinski definition) is 5. The molecule has 0 bridgehead atoms. The molecule has 0 aliphatic carbocycles. The lowest BCUT2D eigenvalue weighted by Crippen LogP contribution is -2.04. The van der Waals surface area contributed by atoms with Crippen molar-refractivity contribution in [1.82, 2.24) is 9.55 Å². The molecule has 3 rings (SSSR count). The van der Waals surface area contributed by atoms with E-state index in [1.807, 2.05) is 24.4 Å². The highest BCUT2D eigenvalue weighted by molar-refractivity contribution is 7.13. The van der Waals surface area contributed by atoms with Gasteiger partial charge in [-0.15, -0.1) is 11.3 Å². The second kappa shape index (κ2) is 6.46. The molecule has 0 spiro atoms. The van der Waals surface area contributed by atoms with Crippen molar-refractivity contribution in [3.8, 4) is 16.6 Å². The van der Waals surface area contributed by atoms with Gasteiger partial charge in [-0.05, 0) is 39.0 Å². The summed E-state index contributed by atoms with van der Waals surface area (Å²) in [5, 5.41) is 12.7. The minimum absolute atomic E-state index is 0.274. The first-order valence-corrected chi connectivity index (χ1v) is 8.60. The molecule has 3 aromatic rings. The van der Waals surface area contributed by atoms with Gasteiger partial charge in [-0.25, -0.2) is 9.78 Å². The van der Waals surface area contributed by atoms with Crippen LogP contribution in [0.15, 0.2) is 29.8 Å². The number of rotatable bonds is 4. The van der Waals surface area contributed by atoms with Crippen molar-refractivity contribution in [3.05, 3.63) is 41.0 Å². The number of ether oxygens (including phenoxy) is 1. The zero-order chi connectivity index (χ0) is 17.3. The summed E-state index contributed by atoms with van der Waals surface area (Å²) in [7, 11) is 0. The maximum atomic E-state index is 11.8. The lowest BCUT2D eigenvalue weighted by molar-refractivity contribution is 0.0520. The number of thiazole rings is 1. The first kappa shape index (κ1) is 16.2. The van der Waals surface area contributed by atoms with Gasteiger partial charge < -0.3 is 9.30 Å². The number of fused-ring (bicyclic) bond motifs is 1. The fourth-order valence-electron chi connectivity index (χ4n) is 2.61. The molecule has 2 heterocycles. The Labute approximate surface area is 144 Å². The zero-order valence-electron chi connectivity index (χ0n) is 13.7. The van der Waals surface area contributed by atoms with Crippen LogP contribution >= 0.6 is 11.3 Å². The fraction of sp³-hybridized carbons (Fsp3) is 0.278. The molecule has 1 aromatic carbocycles. The molecule has 0 aliphatic rings. The van der Waals surface area contributed by atoms with Crippen LogP contribution in [-0.4, -0.2) is 22.1 Å². The Hall–Kier alpha value is -2.65. The minimum atomic E-state index is -0.412. The van der Waals surface area contributed by atoms with Crippen molar-refractivity contribution < 1.29 is 9.53 Å². The number of esters is 1. The van der Waals surface area contributed by atoms with E-state index >= 15 is 0 Å². The Balaban J connectivity index is 2.06. The summed E-state index contributed by atoms with van der Waals surface area (Å²) in [6, 6.07) is 8.45. The van der Waals surface area contributed by atoms with Gasteiger partial charge in [-0.2, -0.15) is 5.26 Å². The van der Waals surface area contributed by atoms with Crippen LogP contribution in [0.4, 0.5) is 0 Å². The molecule has 6 heteroatoms. The highest BCUT2D eigenvalue weighted by Gasteiger charge is 2.15. The van der Waals surface area contributed by atoms with Gasteiger partial charge in [0.1, 0.15) is 11.1 Å². The zero-order valence-corrected chi connectivity index (χ0v) is 14.6. The second-order valence-corrected chi connectivity index (χ2v) is 6.50. The summed E-state index contributed by atoms with van der Waals surface area (Å²) in [6.45, 7) is 6.26. The molecule has 5 nitrogen and oxygen atoms in total. The third-order valence-electron chi connectivity index (χ3n) is 3.75. The topological polar surface area (TPSA) is 67.9 Å². The summed E-state index contributed by atoms with van der Waals surface area (Å²) in [6.07, 6.45) is 1.88. The van der Waals surface area contributed by atoms with E-state index in [-0.39, 0.29) is 6.04 Å². The van der Waals surface area contributed by atoms with Gasteiger partial charge in [0.2, 0.25) is 0 Å². The molecular formula is C18H17N3O2S. The standard InChI is InChI=1S/C18H17N3O2S/c1-4-23-18(22)15-10-24-17(20-15)12-5-6-16-14(7-12)13(8-19)9-21(16)11(2)3/h5-7,9-11H,4H2,1-3H3. The molecule has 0 radical (unpaired) electrons. The summed E-state index contributed by atoms with van der Waals surface area (Å²) in [5.74, 6) is -0.412. The van der Waals surface area contributed by atoms with Gasteiger partial charge in [0, 0.05) is 34.1 Å². The number of nitriles is 1. The highest BCUT2D eigenvalue weighted by atomic mass is 32.1. The number of benzene rings is 1. The third kappa shape index (κ3) is 2.79. The van der Waals surface area contributed by atoms with Crippen molar-refractivity contribution in [2.45, 2.75) is 26.8 Å². The Bertz CT molecular complexity index is 947. The van der Waals surface area contributed by atoms with E-state index in [0.29, 0.717) is 17.9 Å². The number of aromatic nitrogens is 2. The molecule has 0 aliphatic heterocycles. The van der Waals surface area contributed by atoms with Gasteiger partial charge in [0.05, 0.1) is 12.2 Å². The second-order valence-electron chi connectivity index (χ2n) is 5.65. The molecule has 0 saturated heterocycles. The molecule has 0 N–H and O–H groups in total. The molecule has 0 amide bonds. The van der Waals surface area contributed by atoms with Crippen LogP contribution in [0.5, 0.6) is 0 Å². The van der Waals surface area contributed by atoms with E-state index in [2.05, 4.69) is 29.5 Å². The van der Waals surface area contributed by atoms with Crippen molar-refractivity contribution in [3.63, 3.8) is 0 Å². The van der Waals surface area contributed by atoms with Gasteiger partial charge in [-0.3, -0.25) is 0 Å². The van der Waals surface area contributed by atoms with Crippen LogP contribution in [0.2, 0.25) is 0 Å². The molecule has 0 unspecified atom stereocenters. The van der Waals surface area contributed by atoms with E-state index in [1.165, 1.54) is 11.3 Å². The smallest absolute Gasteiger partial charge is 0.357 e. The summed E-state index contributed by atoms with van der Waals surface area (Å²) in [5.41, 5.74) is 2.87. The molecule has 0 fully saturated rings. The summed E-state index contributed by atoms with van der Waals surface area (Å²) < 4.78 is 7.06. The van der Waals surface area contributed by atoms with E-state index in [4.69, 9.17) is 4.74 Å². The molecule has 0 saturated carbocycles. The molecule has 2 aromatic heterocycles. The fourth-order valence-corrected chi connectivity index (χ4v) is 3.40. The Morgan fingerprint density at radius 2 is 2.25 bits per heavy atom. The average Bonchev–Trinajstić information content (AvgIpc) is 3.19. The van der Waals surface area contributed by atoms with Gasteiger partial charge >= 0.3 is 5.97 Å². The molecule has 24 heavy (non-hydrogen) atoms.